The summed E-state index contributed by atoms with van der Waals surface area (Å²) in [6, 6.07) is 12.7. The highest BCUT2D eigenvalue weighted by molar-refractivity contribution is 5.76. The van der Waals surface area contributed by atoms with Gasteiger partial charge in [0, 0.05) is 37.0 Å². The van der Waals surface area contributed by atoms with E-state index in [1.54, 1.807) is 32.4 Å². The van der Waals surface area contributed by atoms with Crippen molar-refractivity contribution in [3.63, 3.8) is 0 Å². The molecule has 2 aromatic carbocycles. The maximum absolute atomic E-state index is 15.5. The molecule has 0 spiro atoms. The molecule has 2 aromatic heterocycles. The molecule has 2 N–H and O–H groups in total. The van der Waals surface area contributed by atoms with Gasteiger partial charge in [-0.1, -0.05) is 12.1 Å². The number of hydrogen-bond acceptors (Lipinski definition) is 9. The molecule has 1 aliphatic heterocycles. The molecule has 0 atom stereocenters. The summed E-state index contributed by atoms with van der Waals surface area (Å²) >= 11 is 0. The van der Waals surface area contributed by atoms with Crippen molar-refractivity contribution < 1.29 is 18.6 Å². The lowest BCUT2D eigenvalue weighted by atomic mass is 10.0. The third-order valence-corrected chi connectivity index (χ3v) is 6.37. The van der Waals surface area contributed by atoms with Crippen LogP contribution in [0.2, 0.25) is 0 Å². The first-order valence-corrected chi connectivity index (χ1v) is 12.0. The van der Waals surface area contributed by atoms with Crippen molar-refractivity contribution in [3.05, 3.63) is 60.0 Å². The minimum atomic E-state index is -0.477. The van der Waals surface area contributed by atoms with Crippen molar-refractivity contribution in [2.75, 3.05) is 52.3 Å². The molecule has 4 aromatic rings. The van der Waals surface area contributed by atoms with Crippen LogP contribution < -0.4 is 15.2 Å². The molecule has 0 bridgehead atoms. The Balaban J connectivity index is 1.40. The molecule has 1 saturated heterocycles. The van der Waals surface area contributed by atoms with Gasteiger partial charge in [-0.2, -0.15) is 4.68 Å². The highest BCUT2D eigenvalue weighted by Gasteiger charge is 2.20. The number of rotatable bonds is 8. The van der Waals surface area contributed by atoms with Crippen molar-refractivity contribution in [1.82, 2.24) is 30.1 Å². The summed E-state index contributed by atoms with van der Waals surface area (Å²) in [7, 11) is 1.61. The molecule has 0 aliphatic carbocycles. The van der Waals surface area contributed by atoms with Crippen LogP contribution in [-0.4, -0.2) is 76.7 Å². The average Bonchev–Trinajstić information content (AvgIpc) is 3.41. The Morgan fingerprint density at radius 1 is 1.08 bits per heavy atom. The summed E-state index contributed by atoms with van der Waals surface area (Å²) in [4.78, 5) is 6.59. The van der Waals surface area contributed by atoms with Crippen LogP contribution in [0.3, 0.4) is 0 Å². The largest absolute Gasteiger partial charge is 0.497 e. The predicted molar refractivity (Wildman–Crippen MR) is 136 cm³/mol. The number of benzene rings is 2. The Morgan fingerprint density at radius 2 is 1.86 bits per heavy atom. The zero-order chi connectivity index (χ0) is 25.8. The third-order valence-electron chi connectivity index (χ3n) is 6.37. The summed E-state index contributed by atoms with van der Waals surface area (Å²) < 4.78 is 33.3. The van der Waals surface area contributed by atoms with Gasteiger partial charge in [0.2, 0.25) is 0 Å². The predicted octanol–water partition coefficient (Wildman–Crippen LogP) is 3.14. The second-order valence-electron chi connectivity index (χ2n) is 8.62. The monoisotopic (exact) mass is 505 g/mol. The van der Waals surface area contributed by atoms with Crippen LogP contribution in [-0.2, 0) is 4.74 Å². The number of nitrogens with zero attached hydrogens (tertiary/aromatic N) is 6. The van der Waals surface area contributed by atoms with Crippen LogP contribution in [0.4, 0.5) is 10.2 Å². The van der Waals surface area contributed by atoms with Gasteiger partial charge in [-0.3, -0.25) is 4.90 Å². The molecule has 0 unspecified atom stereocenters. The van der Waals surface area contributed by atoms with E-state index < -0.39 is 5.82 Å². The summed E-state index contributed by atoms with van der Waals surface area (Å²) in [6.07, 6.45) is 1.67. The Kier molecular flexibility index (Phi) is 7.24. The first-order valence-electron chi connectivity index (χ1n) is 12.0. The van der Waals surface area contributed by atoms with Crippen molar-refractivity contribution in [1.29, 1.82) is 0 Å². The molecule has 5 rings (SSSR count). The lowest BCUT2D eigenvalue weighted by Crippen LogP contribution is -2.38. The molecule has 0 saturated carbocycles. The number of nitrogen functional groups attached to an aromatic ring is 1. The number of morpholine rings is 1. The van der Waals surface area contributed by atoms with Crippen molar-refractivity contribution in [2.24, 2.45) is 0 Å². The van der Waals surface area contributed by atoms with Crippen LogP contribution in [0, 0.1) is 12.7 Å². The number of anilines is 1. The van der Waals surface area contributed by atoms with E-state index in [4.69, 9.17) is 19.9 Å². The van der Waals surface area contributed by atoms with Crippen LogP contribution in [0.1, 0.15) is 5.56 Å². The summed E-state index contributed by atoms with van der Waals surface area (Å²) in [5, 5.41) is 12.0. The topological polar surface area (TPSA) is 113 Å². The lowest BCUT2D eigenvalue weighted by molar-refractivity contribution is 0.0322. The van der Waals surface area contributed by atoms with Gasteiger partial charge in [-0.15, -0.1) is 5.10 Å². The Hall–Kier alpha value is -4.09. The molecule has 192 valence electrons. The van der Waals surface area contributed by atoms with Gasteiger partial charge in [0.25, 0.3) is 0 Å². The maximum atomic E-state index is 15.5. The average molecular weight is 506 g/mol. The van der Waals surface area contributed by atoms with Crippen LogP contribution >= 0.6 is 0 Å². The first kappa shape index (κ1) is 24.6. The van der Waals surface area contributed by atoms with Crippen LogP contribution in [0.15, 0.2) is 48.7 Å². The SMILES string of the molecule is COc1ccc(-c2cnc(N)c(-c3nnnn3-c3ccc(OCCN4CCOCC4)c(C)c3F)c2)cc1. The smallest absolute Gasteiger partial charge is 0.190 e. The minimum Gasteiger partial charge on any atom is -0.497 e. The van der Waals surface area contributed by atoms with E-state index in [1.165, 1.54) is 4.68 Å². The summed E-state index contributed by atoms with van der Waals surface area (Å²) in [6.45, 7) is 6.06. The van der Waals surface area contributed by atoms with Gasteiger partial charge < -0.3 is 19.9 Å². The molecule has 1 aliphatic rings. The highest BCUT2D eigenvalue weighted by Crippen LogP contribution is 2.32. The van der Waals surface area contributed by atoms with Gasteiger partial charge >= 0.3 is 0 Å². The normalized spacial score (nSPS) is 14.0. The standard InChI is InChI=1S/C26H28FN7O3/c1-17-23(37-14-11-33-9-12-36-13-10-33)8-7-22(24(17)27)34-26(30-31-32-34)21-15-19(16-29-25(21)28)18-3-5-20(35-2)6-4-18/h3-8,15-16H,9-14H2,1-2H3,(H2,28,29). The van der Waals surface area contributed by atoms with E-state index in [1.807, 2.05) is 30.3 Å². The van der Waals surface area contributed by atoms with E-state index >= 15 is 4.39 Å². The number of methoxy groups -OCH3 is 1. The Bertz CT molecular complexity index is 1370. The molecular weight excluding hydrogens is 477 g/mol. The fourth-order valence-corrected chi connectivity index (χ4v) is 4.20. The Morgan fingerprint density at radius 3 is 2.62 bits per heavy atom. The number of nitrogens with two attached hydrogens (primary N) is 1. The van der Waals surface area contributed by atoms with E-state index in [-0.39, 0.29) is 17.3 Å². The molecule has 1 fully saturated rings. The fourth-order valence-electron chi connectivity index (χ4n) is 4.20. The molecule has 0 amide bonds. The van der Waals surface area contributed by atoms with Gasteiger partial charge in [0.1, 0.15) is 29.6 Å². The number of aromatic nitrogens is 5. The lowest BCUT2D eigenvalue weighted by Gasteiger charge is -2.26. The molecule has 0 radical (unpaired) electrons. The van der Waals surface area contributed by atoms with Crippen LogP contribution in [0.25, 0.3) is 28.2 Å². The number of tetrazole rings is 1. The van der Waals surface area contributed by atoms with Gasteiger partial charge in [-0.05, 0) is 53.2 Å². The minimum absolute atomic E-state index is 0.187. The third kappa shape index (κ3) is 5.23. The number of ether oxygens (including phenoxy) is 3. The zero-order valence-electron chi connectivity index (χ0n) is 20.7. The van der Waals surface area contributed by atoms with E-state index in [2.05, 4.69) is 25.4 Å². The highest BCUT2D eigenvalue weighted by atomic mass is 19.1. The zero-order valence-corrected chi connectivity index (χ0v) is 20.7. The molecular formula is C26H28FN7O3. The molecule has 10 nitrogen and oxygen atoms in total. The van der Waals surface area contributed by atoms with Crippen molar-refractivity contribution >= 4 is 5.82 Å². The second-order valence-corrected chi connectivity index (χ2v) is 8.62. The number of hydrogen-bond donors (Lipinski definition) is 1. The van der Waals surface area contributed by atoms with E-state index in [0.717, 1.165) is 49.7 Å². The van der Waals surface area contributed by atoms with Gasteiger partial charge in [-0.25, -0.2) is 9.37 Å². The van der Waals surface area contributed by atoms with Crippen LogP contribution in [0.5, 0.6) is 11.5 Å². The fraction of sp³-hybridized carbons (Fsp3) is 0.308. The Labute approximate surface area is 213 Å². The van der Waals surface area contributed by atoms with E-state index in [0.29, 0.717) is 23.5 Å². The number of halogens is 1. The second kappa shape index (κ2) is 10.9. The first-order chi connectivity index (χ1) is 18.0. The van der Waals surface area contributed by atoms with Gasteiger partial charge in [0.15, 0.2) is 11.6 Å². The molecule has 37 heavy (non-hydrogen) atoms. The molecule has 3 heterocycles. The summed E-state index contributed by atoms with van der Waals surface area (Å²) in [5.74, 6) is 1.26. The van der Waals surface area contributed by atoms with Crippen molar-refractivity contribution in [2.45, 2.75) is 6.92 Å². The van der Waals surface area contributed by atoms with Gasteiger partial charge in [0.05, 0.1) is 25.9 Å². The number of pyridine rings is 1. The quantitative estimate of drug-likeness (QED) is 0.386. The summed E-state index contributed by atoms with van der Waals surface area (Å²) in [5.41, 5.74) is 8.96. The molecule has 11 heteroatoms. The maximum Gasteiger partial charge on any atom is 0.190 e. The van der Waals surface area contributed by atoms with Crippen molar-refractivity contribution in [3.8, 4) is 39.7 Å². The van der Waals surface area contributed by atoms with E-state index in [9.17, 15) is 0 Å².